The van der Waals surface area contributed by atoms with Crippen LogP contribution in [0.15, 0.2) is 36.0 Å². The number of aliphatic hydroxyl groups is 2. The van der Waals surface area contributed by atoms with Gasteiger partial charge in [0.05, 0.1) is 30.8 Å². The van der Waals surface area contributed by atoms with Gasteiger partial charge in [0.1, 0.15) is 11.7 Å². The Balaban J connectivity index is 1.79. The molecule has 3 aliphatic rings. The van der Waals surface area contributed by atoms with Crippen LogP contribution in [-0.4, -0.2) is 102 Å². The SMILES string of the molecule is CC[C@@H](O)[C@@H](C)[C@@H]1O[C@@H]1C[C@@H](C)/C=C/C=C(\C)[C@H]1OC(=O)C[C@@H](O)CC[C@](C)(OC(C)=O)[C@@H](OC(=O)N2CCNCC2)/C=C\[C@@H]1C. The third-order valence-corrected chi connectivity index (χ3v) is 9.30. The van der Waals surface area contributed by atoms with Crippen LogP contribution in [0.5, 0.6) is 0 Å². The normalized spacial score (nSPS) is 34.0. The molecule has 11 heteroatoms. The quantitative estimate of drug-likeness (QED) is 0.104. The third-order valence-electron chi connectivity index (χ3n) is 9.30. The van der Waals surface area contributed by atoms with E-state index in [1.165, 1.54) is 6.92 Å². The van der Waals surface area contributed by atoms with E-state index in [4.69, 9.17) is 18.9 Å². The average molecular weight is 649 g/mol. The molecule has 3 rings (SSSR count). The van der Waals surface area contributed by atoms with Crippen molar-refractivity contribution in [3.63, 3.8) is 0 Å². The maximum atomic E-state index is 13.2. The van der Waals surface area contributed by atoms with E-state index in [1.54, 1.807) is 17.9 Å². The Labute approximate surface area is 274 Å². The zero-order valence-electron chi connectivity index (χ0n) is 28.6. The summed E-state index contributed by atoms with van der Waals surface area (Å²) >= 11 is 0. The highest BCUT2D eigenvalue weighted by atomic mass is 16.6. The molecule has 0 unspecified atom stereocenters. The van der Waals surface area contributed by atoms with Gasteiger partial charge >= 0.3 is 18.0 Å². The highest BCUT2D eigenvalue weighted by Gasteiger charge is 2.45. The molecule has 0 saturated carbocycles. The van der Waals surface area contributed by atoms with Crippen LogP contribution in [0.25, 0.3) is 0 Å². The van der Waals surface area contributed by atoms with Gasteiger partial charge in [0.2, 0.25) is 0 Å². The summed E-state index contributed by atoms with van der Waals surface area (Å²) in [6.45, 7) is 15.2. The summed E-state index contributed by atoms with van der Waals surface area (Å²) in [6.07, 6.45) is 7.84. The molecule has 1 amide bonds. The monoisotopic (exact) mass is 648 g/mol. The number of piperazine rings is 1. The second-order valence-corrected chi connectivity index (χ2v) is 13.5. The van der Waals surface area contributed by atoms with E-state index >= 15 is 0 Å². The predicted molar refractivity (Wildman–Crippen MR) is 174 cm³/mol. The number of carbonyl (C=O) groups is 3. The second-order valence-electron chi connectivity index (χ2n) is 13.5. The minimum absolute atomic E-state index is 0.0874. The van der Waals surface area contributed by atoms with Crippen molar-refractivity contribution in [2.45, 2.75) is 123 Å². The predicted octanol–water partition coefficient (Wildman–Crippen LogP) is 4.07. The number of aliphatic hydroxyl groups excluding tert-OH is 2. The van der Waals surface area contributed by atoms with E-state index in [2.05, 4.69) is 18.3 Å². The number of allylic oxidation sites excluding steroid dienone is 3. The van der Waals surface area contributed by atoms with Crippen molar-refractivity contribution in [3.8, 4) is 0 Å². The molecule has 0 spiro atoms. The second kappa shape index (κ2) is 17.4. The molecule has 46 heavy (non-hydrogen) atoms. The average Bonchev–Trinajstić information content (AvgIpc) is 3.77. The van der Waals surface area contributed by atoms with Crippen LogP contribution in [0.3, 0.4) is 0 Å². The van der Waals surface area contributed by atoms with Gasteiger partial charge in [0.15, 0.2) is 6.10 Å². The lowest BCUT2D eigenvalue weighted by Gasteiger charge is -2.37. The first-order valence-corrected chi connectivity index (χ1v) is 16.8. The van der Waals surface area contributed by atoms with E-state index in [0.29, 0.717) is 32.6 Å². The number of carbonyl (C=O) groups excluding carboxylic acids is 3. The topological polar surface area (TPSA) is 147 Å². The molecule has 260 valence electrons. The minimum Gasteiger partial charge on any atom is -0.457 e. The molecular formula is C35H56N2O9. The van der Waals surface area contributed by atoms with E-state index < -0.39 is 41.9 Å². The Hall–Kier alpha value is -2.73. The lowest BCUT2D eigenvalue weighted by Crippen LogP contribution is -2.51. The van der Waals surface area contributed by atoms with Gasteiger partial charge in [-0.3, -0.25) is 9.59 Å². The van der Waals surface area contributed by atoms with Crippen LogP contribution in [0.2, 0.25) is 0 Å². The standard InChI is InChI=1S/C35H56N2O9/c1-8-28(40)25(5)33-29(43-33)20-22(2)10-9-11-23(3)32-24(4)12-13-30(44-34(42)37-18-16-36-17-19-37)35(7,46-26(6)38)15-14-27(39)21-31(41)45-32/h9-13,22,24-25,27-30,32-33,36,39-40H,8,14-21H2,1-7H3/b10-9+,13-12-,23-11+/t22-,24-,25+,27-,28+,29+,30-,32+,33-,35-/m0/s1. The van der Waals surface area contributed by atoms with Gasteiger partial charge in [-0.25, -0.2) is 4.79 Å². The van der Waals surface area contributed by atoms with Crippen LogP contribution >= 0.6 is 0 Å². The summed E-state index contributed by atoms with van der Waals surface area (Å²) in [5, 5.41) is 24.1. The maximum Gasteiger partial charge on any atom is 0.410 e. The molecule has 0 aliphatic carbocycles. The summed E-state index contributed by atoms with van der Waals surface area (Å²) < 4.78 is 23.5. The van der Waals surface area contributed by atoms with E-state index in [9.17, 15) is 24.6 Å². The smallest absolute Gasteiger partial charge is 0.410 e. The third kappa shape index (κ3) is 11.2. The van der Waals surface area contributed by atoms with Crippen LogP contribution in [-0.2, 0) is 28.5 Å². The molecular weight excluding hydrogens is 592 g/mol. The van der Waals surface area contributed by atoms with Crippen LogP contribution < -0.4 is 5.32 Å². The van der Waals surface area contributed by atoms with Gasteiger partial charge in [0.25, 0.3) is 0 Å². The Morgan fingerprint density at radius 3 is 2.57 bits per heavy atom. The van der Waals surface area contributed by atoms with E-state index in [-0.39, 0.29) is 55.3 Å². The molecule has 11 nitrogen and oxygen atoms in total. The first-order valence-electron chi connectivity index (χ1n) is 16.8. The summed E-state index contributed by atoms with van der Waals surface area (Å²) in [5.74, 6) is -1.06. The van der Waals surface area contributed by atoms with Crippen molar-refractivity contribution in [2.24, 2.45) is 17.8 Å². The number of esters is 2. The Kier molecular flexibility index (Phi) is 14.3. The highest BCUT2D eigenvalue weighted by Crippen LogP contribution is 2.36. The fourth-order valence-electron chi connectivity index (χ4n) is 6.24. The molecule has 0 radical (unpaired) electrons. The fourth-order valence-corrected chi connectivity index (χ4v) is 6.24. The molecule has 2 saturated heterocycles. The molecule has 0 aromatic heterocycles. The molecule has 0 aromatic carbocycles. The summed E-state index contributed by atoms with van der Waals surface area (Å²) in [5.41, 5.74) is -0.468. The van der Waals surface area contributed by atoms with E-state index in [0.717, 1.165) is 12.0 Å². The summed E-state index contributed by atoms with van der Waals surface area (Å²) in [4.78, 5) is 39.9. The van der Waals surface area contributed by atoms with Crippen molar-refractivity contribution >= 4 is 18.0 Å². The Morgan fingerprint density at radius 1 is 1.22 bits per heavy atom. The van der Waals surface area contributed by atoms with Crippen molar-refractivity contribution in [2.75, 3.05) is 26.2 Å². The van der Waals surface area contributed by atoms with Gasteiger partial charge in [-0.2, -0.15) is 0 Å². The Bertz CT molecular complexity index is 1120. The van der Waals surface area contributed by atoms with Gasteiger partial charge in [-0.05, 0) is 57.1 Å². The number of epoxide rings is 1. The van der Waals surface area contributed by atoms with Gasteiger partial charge in [0, 0.05) is 44.9 Å². The number of hydrogen-bond acceptors (Lipinski definition) is 10. The van der Waals surface area contributed by atoms with E-state index in [1.807, 2.05) is 45.9 Å². The van der Waals surface area contributed by atoms with Gasteiger partial charge in [-0.1, -0.05) is 52.0 Å². The number of nitrogens with one attached hydrogen (secondary N) is 1. The number of hydrogen-bond donors (Lipinski definition) is 3. The molecule has 0 bridgehead atoms. The van der Waals surface area contributed by atoms with Gasteiger partial charge in [-0.15, -0.1) is 0 Å². The maximum absolute atomic E-state index is 13.2. The molecule has 3 N–H and O–H groups in total. The first kappa shape index (κ1) is 37.7. The van der Waals surface area contributed by atoms with Crippen LogP contribution in [0.1, 0.15) is 80.6 Å². The summed E-state index contributed by atoms with van der Waals surface area (Å²) in [6, 6.07) is 0. The van der Waals surface area contributed by atoms with Gasteiger partial charge < -0.3 is 39.4 Å². The number of ether oxygens (including phenoxy) is 4. The van der Waals surface area contributed by atoms with Crippen molar-refractivity contribution in [1.82, 2.24) is 10.2 Å². The molecule has 0 aromatic rings. The zero-order chi connectivity index (χ0) is 34.0. The first-order chi connectivity index (χ1) is 21.7. The highest BCUT2D eigenvalue weighted by molar-refractivity contribution is 5.71. The molecule has 10 atom stereocenters. The Morgan fingerprint density at radius 2 is 1.91 bits per heavy atom. The largest absolute Gasteiger partial charge is 0.457 e. The fraction of sp³-hybridized carbons (Fsp3) is 0.743. The number of cyclic esters (lactones) is 1. The summed E-state index contributed by atoms with van der Waals surface area (Å²) in [7, 11) is 0. The lowest BCUT2D eigenvalue weighted by molar-refractivity contribution is -0.168. The number of nitrogens with zero attached hydrogens (tertiary/aromatic N) is 1. The van der Waals surface area contributed by atoms with Crippen molar-refractivity contribution < 1.29 is 43.5 Å². The van der Waals surface area contributed by atoms with Crippen molar-refractivity contribution in [1.29, 1.82) is 0 Å². The molecule has 2 fully saturated rings. The lowest BCUT2D eigenvalue weighted by atomic mass is 9.88. The number of rotatable bonds is 10. The molecule has 3 aliphatic heterocycles. The van der Waals surface area contributed by atoms with Crippen LogP contribution in [0, 0.1) is 17.8 Å². The van der Waals surface area contributed by atoms with Crippen LogP contribution in [0.4, 0.5) is 4.79 Å². The number of amides is 1. The van der Waals surface area contributed by atoms with Crippen molar-refractivity contribution in [3.05, 3.63) is 36.0 Å². The minimum atomic E-state index is -1.27. The molecule has 3 heterocycles. The zero-order valence-corrected chi connectivity index (χ0v) is 28.6.